The molecule has 0 aliphatic heterocycles. The van der Waals surface area contributed by atoms with Crippen molar-refractivity contribution < 1.29 is 4.39 Å². The Bertz CT molecular complexity index is 486. The van der Waals surface area contributed by atoms with E-state index in [0.717, 1.165) is 18.5 Å². The van der Waals surface area contributed by atoms with E-state index in [1.807, 2.05) is 6.07 Å². The fourth-order valence-corrected chi connectivity index (χ4v) is 2.26. The van der Waals surface area contributed by atoms with E-state index in [1.54, 1.807) is 6.07 Å². The van der Waals surface area contributed by atoms with Crippen LogP contribution in [0.3, 0.4) is 0 Å². The van der Waals surface area contributed by atoms with Crippen LogP contribution in [-0.2, 0) is 6.54 Å². The van der Waals surface area contributed by atoms with Crippen LogP contribution in [0.4, 0.5) is 4.39 Å². The minimum Gasteiger partial charge on any atom is -0.312 e. The number of hydrogen-bond donors (Lipinski definition) is 1. The summed E-state index contributed by atoms with van der Waals surface area (Å²) >= 11 is 0. The summed E-state index contributed by atoms with van der Waals surface area (Å²) in [5.41, 5.74) is 2.73. The molecule has 0 atom stereocenters. The van der Waals surface area contributed by atoms with Crippen LogP contribution in [0.25, 0.3) is 0 Å². The van der Waals surface area contributed by atoms with E-state index in [9.17, 15) is 4.39 Å². The molecule has 2 rings (SSSR count). The van der Waals surface area contributed by atoms with E-state index in [4.69, 9.17) is 5.26 Å². The number of rotatable bonds is 5. The standard InChI is InChI=1S/C15H17FN2/c16-15-8-13(10-17)7-14(9-15)11-18-6-5-12-3-1-2-4-12/h3,7-9,18H,1-2,4-6,11H2. The van der Waals surface area contributed by atoms with Gasteiger partial charge in [-0.3, -0.25) is 0 Å². The summed E-state index contributed by atoms with van der Waals surface area (Å²) in [5.74, 6) is -0.343. The highest BCUT2D eigenvalue weighted by Crippen LogP contribution is 2.19. The second kappa shape index (κ2) is 6.32. The molecule has 0 radical (unpaired) electrons. The molecule has 0 heterocycles. The van der Waals surface area contributed by atoms with E-state index in [-0.39, 0.29) is 5.82 Å². The average molecular weight is 244 g/mol. The van der Waals surface area contributed by atoms with E-state index < -0.39 is 0 Å². The summed E-state index contributed by atoms with van der Waals surface area (Å²) in [4.78, 5) is 0. The third kappa shape index (κ3) is 3.68. The zero-order chi connectivity index (χ0) is 12.8. The zero-order valence-electron chi connectivity index (χ0n) is 10.4. The lowest BCUT2D eigenvalue weighted by molar-refractivity contribution is 0.619. The van der Waals surface area contributed by atoms with Crippen LogP contribution in [-0.4, -0.2) is 6.54 Å². The van der Waals surface area contributed by atoms with Crippen molar-refractivity contribution in [3.05, 3.63) is 46.8 Å². The van der Waals surface area contributed by atoms with Crippen molar-refractivity contribution in [3.63, 3.8) is 0 Å². The van der Waals surface area contributed by atoms with Gasteiger partial charge in [0.2, 0.25) is 0 Å². The maximum Gasteiger partial charge on any atom is 0.124 e. The summed E-state index contributed by atoms with van der Waals surface area (Å²) < 4.78 is 13.2. The number of allylic oxidation sites excluding steroid dienone is 1. The molecule has 1 aromatic rings. The summed E-state index contributed by atoms with van der Waals surface area (Å²) in [7, 11) is 0. The van der Waals surface area contributed by atoms with Gasteiger partial charge in [0, 0.05) is 6.54 Å². The monoisotopic (exact) mass is 244 g/mol. The lowest BCUT2D eigenvalue weighted by atomic mass is 10.1. The van der Waals surface area contributed by atoms with E-state index in [2.05, 4.69) is 11.4 Å². The highest BCUT2D eigenvalue weighted by molar-refractivity contribution is 5.33. The van der Waals surface area contributed by atoms with Gasteiger partial charge in [-0.05, 0) is 56.0 Å². The third-order valence-corrected chi connectivity index (χ3v) is 3.17. The van der Waals surface area contributed by atoms with Crippen LogP contribution in [0.2, 0.25) is 0 Å². The minimum atomic E-state index is -0.343. The predicted octanol–water partition coefficient (Wildman–Crippen LogP) is 3.29. The number of hydrogen-bond acceptors (Lipinski definition) is 2. The molecule has 0 aromatic heterocycles. The van der Waals surface area contributed by atoms with Crippen molar-refractivity contribution in [3.8, 4) is 6.07 Å². The minimum absolute atomic E-state index is 0.343. The smallest absolute Gasteiger partial charge is 0.124 e. The lowest BCUT2D eigenvalue weighted by Gasteiger charge is -2.06. The summed E-state index contributed by atoms with van der Waals surface area (Å²) in [6.07, 6.45) is 7.10. The van der Waals surface area contributed by atoms with Crippen molar-refractivity contribution in [2.45, 2.75) is 32.2 Å². The Morgan fingerprint density at radius 3 is 2.94 bits per heavy atom. The van der Waals surface area contributed by atoms with Gasteiger partial charge in [-0.1, -0.05) is 11.6 Å². The van der Waals surface area contributed by atoms with Crippen LogP contribution in [0.5, 0.6) is 0 Å². The molecule has 0 spiro atoms. The second-order valence-corrected chi connectivity index (χ2v) is 4.64. The van der Waals surface area contributed by atoms with Crippen LogP contribution in [0, 0.1) is 17.1 Å². The molecule has 1 aliphatic rings. The Labute approximate surface area is 107 Å². The van der Waals surface area contributed by atoms with Gasteiger partial charge in [0.1, 0.15) is 5.82 Å². The predicted molar refractivity (Wildman–Crippen MR) is 69.4 cm³/mol. The molecule has 1 aliphatic carbocycles. The number of halogens is 1. The molecule has 18 heavy (non-hydrogen) atoms. The van der Waals surface area contributed by atoms with Gasteiger partial charge in [-0.15, -0.1) is 0 Å². The second-order valence-electron chi connectivity index (χ2n) is 4.64. The molecule has 3 heteroatoms. The van der Waals surface area contributed by atoms with Crippen molar-refractivity contribution in [2.24, 2.45) is 0 Å². The quantitative estimate of drug-likeness (QED) is 0.637. The summed E-state index contributed by atoms with van der Waals surface area (Å²) in [6, 6.07) is 6.43. The molecule has 0 fully saturated rings. The first kappa shape index (κ1) is 12.8. The Morgan fingerprint density at radius 1 is 1.33 bits per heavy atom. The van der Waals surface area contributed by atoms with Gasteiger partial charge in [0.25, 0.3) is 0 Å². The molecule has 0 amide bonds. The molecule has 1 aromatic carbocycles. The lowest BCUT2D eigenvalue weighted by Crippen LogP contribution is -2.15. The van der Waals surface area contributed by atoms with Gasteiger partial charge in [0.15, 0.2) is 0 Å². The van der Waals surface area contributed by atoms with Crippen molar-refractivity contribution >= 4 is 0 Å². The Morgan fingerprint density at radius 2 is 2.22 bits per heavy atom. The van der Waals surface area contributed by atoms with Crippen LogP contribution in [0.15, 0.2) is 29.8 Å². The van der Waals surface area contributed by atoms with Gasteiger partial charge >= 0.3 is 0 Å². The first-order valence-corrected chi connectivity index (χ1v) is 6.36. The van der Waals surface area contributed by atoms with Crippen LogP contribution in [0.1, 0.15) is 36.8 Å². The maximum absolute atomic E-state index is 13.2. The van der Waals surface area contributed by atoms with Crippen molar-refractivity contribution in [1.82, 2.24) is 5.32 Å². The number of nitrogens with zero attached hydrogens (tertiary/aromatic N) is 1. The van der Waals surface area contributed by atoms with Gasteiger partial charge in [0.05, 0.1) is 11.6 Å². The Balaban J connectivity index is 1.79. The van der Waals surface area contributed by atoms with Gasteiger partial charge in [-0.25, -0.2) is 4.39 Å². The fourth-order valence-electron chi connectivity index (χ4n) is 2.26. The maximum atomic E-state index is 13.2. The van der Waals surface area contributed by atoms with Crippen molar-refractivity contribution in [1.29, 1.82) is 5.26 Å². The molecule has 0 saturated heterocycles. The SMILES string of the molecule is N#Cc1cc(F)cc(CNCCC2=CCCC2)c1. The summed E-state index contributed by atoms with van der Waals surface area (Å²) in [5, 5.41) is 12.0. The van der Waals surface area contributed by atoms with E-state index in [0.29, 0.717) is 12.1 Å². The van der Waals surface area contributed by atoms with Crippen LogP contribution < -0.4 is 5.32 Å². The van der Waals surface area contributed by atoms with Gasteiger partial charge in [-0.2, -0.15) is 5.26 Å². The first-order chi connectivity index (χ1) is 8.78. The molecular formula is C15H17FN2. The van der Waals surface area contributed by atoms with Crippen LogP contribution >= 0.6 is 0 Å². The molecule has 0 saturated carbocycles. The largest absolute Gasteiger partial charge is 0.312 e. The topological polar surface area (TPSA) is 35.8 Å². The molecule has 0 bridgehead atoms. The Hall–Kier alpha value is -1.66. The molecule has 94 valence electrons. The van der Waals surface area contributed by atoms with Crippen molar-refractivity contribution in [2.75, 3.05) is 6.54 Å². The number of benzene rings is 1. The molecule has 1 N–H and O–H groups in total. The van der Waals surface area contributed by atoms with Gasteiger partial charge < -0.3 is 5.32 Å². The zero-order valence-corrected chi connectivity index (χ0v) is 10.4. The number of nitrogens with one attached hydrogen (secondary N) is 1. The molecule has 0 unspecified atom stereocenters. The normalized spacial score (nSPS) is 14.3. The highest BCUT2D eigenvalue weighted by Gasteiger charge is 2.04. The highest BCUT2D eigenvalue weighted by atomic mass is 19.1. The number of nitriles is 1. The third-order valence-electron chi connectivity index (χ3n) is 3.17. The molecule has 2 nitrogen and oxygen atoms in total. The Kier molecular flexibility index (Phi) is 4.49. The van der Waals surface area contributed by atoms with E-state index in [1.165, 1.54) is 37.0 Å². The van der Waals surface area contributed by atoms with E-state index >= 15 is 0 Å². The molecular weight excluding hydrogens is 227 g/mol. The fraction of sp³-hybridized carbons (Fsp3) is 0.400. The first-order valence-electron chi connectivity index (χ1n) is 6.36. The average Bonchev–Trinajstić information content (AvgIpc) is 2.87. The summed E-state index contributed by atoms with van der Waals surface area (Å²) in [6.45, 7) is 1.52.